The molecule has 1 amide bonds. The van der Waals surface area contributed by atoms with E-state index in [0.717, 1.165) is 12.3 Å². The molecule has 4 rings (SSSR count). The Bertz CT molecular complexity index is 1820. The van der Waals surface area contributed by atoms with Crippen LogP contribution in [-0.2, 0) is 19.9 Å². The van der Waals surface area contributed by atoms with Gasteiger partial charge in [0, 0.05) is 11.9 Å². The molecule has 4 aromatic rings. The molecule has 11 nitrogen and oxygen atoms in total. The molecule has 0 radical (unpaired) electrons. The van der Waals surface area contributed by atoms with E-state index in [1.54, 1.807) is 12.1 Å². The maximum absolute atomic E-state index is 14.4. The van der Waals surface area contributed by atoms with Gasteiger partial charge in [-0.05, 0) is 62.4 Å². The fourth-order valence-electron chi connectivity index (χ4n) is 3.56. The molecule has 3 aromatic carbocycles. The maximum Gasteiger partial charge on any atom is 0.261 e. The Kier molecular flexibility index (Phi) is 8.58. The van der Waals surface area contributed by atoms with Gasteiger partial charge in [-0.1, -0.05) is 29.8 Å². The van der Waals surface area contributed by atoms with Crippen molar-refractivity contribution in [3.8, 4) is 0 Å². The summed E-state index contributed by atoms with van der Waals surface area (Å²) in [4.78, 5) is 21.6. The van der Waals surface area contributed by atoms with Crippen molar-refractivity contribution < 1.29 is 26.0 Å². The lowest BCUT2D eigenvalue weighted by molar-refractivity contribution is 0.102. The van der Waals surface area contributed by atoms with Crippen molar-refractivity contribution in [2.45, 2.75) is 28.9 Å². The predicted octanol–water partition coefficient (Wildman–Crippen LogP) is 4.84. The van der Waals surface area contributed by atoms with Crippen molar-refractivity contribution in [1.82, 2.24) is 9.97 Å². The number of sulfonamides is 1. The van der Waals surface area contributed by atoms with Crippen molar-refractivity contribution in [1.29, 1.82) is 0 Å². The highest BCUT2D eigenvalue weighted by molar-refractivity contribution is 7.92. The molecule has 0 spiro atoms. The standard InChI is InChI=1S/C26H24ClFN6O5S2/c1-15(2)40(36,37)22-9-4-3-8-21(22)32-24-18(25(35)33-23-19(27)6-5-7-20(23)28)14-30-26(34-24)31-16-10-12-17(13-11-16)41(29,38)39/h3-15H,1-2H3,(H,33,35)(H2,29,38,39)(H2,30,31,32,34). The summed E-state index contributed by atoms with van der Waals surface area (Å²) >= 11 is 6.06. The Labute approximate surface area is 241 Å². The Morgan fingerprint density at radius 3 is 2.27 bits per heavy atom. The van der Waals surface area contributed by atoms with E-state index in [1.807, 2.05) is 0 Å². The van der Waals surface area contributed by atoms with Crippen LogP contribution in [0.3, 0.4) is 0 Å². The second kappa shape index (κ2) is 11.8. The number of nitrogens with one attached hydrogen (secondary N) is 3. The number of nitrogens with zero attached hydrogens (tertiary/aromatic N) is 2. The molecule has 41 heavy (non-hydrogen) atoms. The molecule has 0 saturated heterocycles. The number of halogens is 2. The second-order valence-corrected chi connectivity index (χ2v) is 13.4. The largest absolute Gasteiger partial charge is 0.338 e. The number of rotatable bonds is 9. The van der Waals surface area contributed by atoms with Crippen molar-refractivity contribution in [2.24, 2.45) is 5.14 Å². The third kappa shape index (κ3) is 6.79. The quantitative estimate of drug-likeness (QED) is 0.205. The van der Waals surface area contributed by atoms with E-state index in [1.165, 1.54) is 62.4 Å². The highest BCUT2D eigenvalue weighted by Crippen LogP contribution is 2.31. The van der Waals surface area contributed by atoms with Crippen LogP contribution in [0.15, 0.2) is 82.7 Å². The number of hydrogen-bond acceptors (Lipinski definition) is 9. The summed E-state index contributed by atoms with van der Waals surface area (Å²) in [5.74, 6) is -1.73. The van der Waals surface area contributed by atoms with Crippen LogP contribution in [0.5, 0.6) is 0 Å². The zero-order valence-electron chi connectivity index (χ0n) is 21.6. The minimum Gasteiger partial charge on any atom is -0.338 e. The Hall–Kier alpha value is -4.11. The Balaban J connectivity index is 1.76. The monoisotopic (exact) mass is 618 g/mol. The number of aromatic nitrogens is 2. The third-order valence-corrected chi connectivity index (χ3v) is 9.20. The number of primary sulfonamides is 1. The first kappa shape index (κ1) is 29.9. The van der Waals surface area contributed by atoms with E-state index in [4.69, 9.17) is 16.7 Å². The molecule has 5 N–H and O–H groups in total. The third-order valence-electron chi connectivity index (χ3n) is 5.74. The molecule has 214 valence electrons. The zero-order valence-corrected chi connectivity index (χ0v) is 24.0. The number of amides is 1. The Morgan fingerprint density at radius 2 is 1.63 bits per heavy atom. The first-order valence-corrected chi connectivity index (χ1v) is 15.4. The minimum atomic E-state index is -3.90. The van der Waals surface area contributed by atoms with Gasteiger partial charge < -0.3 is 16.0 Å². The molecular weight excluding hydrogens is 595 g/mol. The van der Waals surface area contributed by atoms with Crippen LogP contribution in [0.4, 0.5) is 33.2 Å². The molecule has 0 aliphatic carbocycles. The number of sulfone groups is 1. The van der Waals surface area contributed by atoms with Crippen molar-refractivity contribution in [2.75, 3.05) is 16.0 Å². The summed E-state index contributed by atoms with van der Waals surface area (Å²) in [5, 5.41) is 12.5. The average molecular weight is 619 g/mol. The van der Waals surface area contributed by atoms with Crippen LogP contribution in [0.1, 0.15) is 24.2 Å². The van der Waals surface area contributed by atoms with Crippen LogP contribution in [0.2, 0.25) is 5.02 Å². The molecule has 0 fully saturated rings. The number of benzene rings is 3. The van der Waals surface area contributed by atoms with Crippen molar-refractivity contribution in [3.05, 3.63) is 89.3 Å². The maximum atomic E-state index is 14.4. The van der Waals surface area contributed by atoms with Gasteiger partial charge in [-0.2, -0.15) is 4.98 Å². The molecule has 0 aliphatic heterocycles. The summed E-state index contributed by atoms with van der Waals surface area (Å²) < 4.78 is 63.5. The van der Waals surface area contributed by atoms with Gasteiger partial charge >= 0.3 is 0 Å². The molecule has 1 aromatic heterocycles. The minimum absolute atomic E-state index is 0.0230. The first-order valence-electron chi connectivity index (χ1n) is 11.9. The van der Waals surface area contributed by atoms with E-state index < -0.39 is 36.8 Å². The van der Waals surface area contributed by atoms with Crippen LogP contribution >= 0.6 is 11.6 Å². The predicted molar refractivity (Wildman–Crippen MR) is 155 cm³/mol. The number of hydrogen-bond donors (Lipinski definition) is 4. The summed E-state index contributed by atoms with van der Waals surface area (Å²) in [6, 6.07) is 15.4. The highest BCUT2D eigenvalue weighted by atomic mass is 35.5. The average Bonchev–Trinajstić information content (AvgIpc) is 2.91. The van der Waals surface area contributed by atoms with Gasteiger partial charge in [0.05, 0.1) is 31.4 Å². The highest BCUT2D eigenvalue weighted by Gasteiger charge is 2.24. The molecule has 0 bridgehead atoms. The SMILES string of the molecule is CC(C)S(=O)(=O)c1ccccc1Nc1nc(Nc2ccc(S(N)(=O)=O)cc2)ncc1C(=O)Nc1c(F)cccc1Cl. The lowest BCUT2D eigenvalue weighted by Gasteiger charge is -2.17. The van der Waals surface area contributed by atoms with Crippen LogP contribution in [-0.4, -0.2) is 38.0 Å². The number of para-hydroxylation sites is 2. The van der Waals surface area contributed by atoms with Gasteiger partial charge in [-0.3, -0.25) is 4.79 Å². The van der Waals surface area contributed by atoms with Crippen molar-refractivity contribution >= 4 is 66.2 Å². The molecule has 1 heterocycles. The van der Waals surface area contributed by atoms with Gasteiger partial charge in [-0.15, -0.1) is 0 Å². The summed E-state index contributed by atoms with van der Waals surface area (Å²) in [6.45, 7) is 3.08. The fraction of sp³-hybridized carbons (Fsp3) is 0.115. The summed E-state index contributed by atoms with van der Waals surface area (Å²) in [6.07, 6.45) is 1.15. The van der Waals surface area contributed by atoms with Crippen molar-refractivity contribution in [3.63, 3.8) is 0 Å². The van der Waals surface area contributed by atoms with E-state index in [0.29, 0.717) is 5.69 Å². The normalized spacial score (nSPS) is 11.8. The number of anilines is 5. The van der Waals surface area contributed by atoms with E-state index in [-0.39, 0.29) is 43.5 Å². The molecule has 15 heteroatoms. The van der Waals surface area contributed by atoms with E-state index in [2.05, 4.69) is 25.9 Å². The Morgan fingerprint density at radius 1 is 0.951 bits per heavy atom. The van der Waals surface area contributed by atoms with Crippen LogP contribution in [0, 0.1) is 5.82 Å². The molecular formula is C26H24ClFN6O5S2. The van der Waals surface area contributed by atoms with E-state index >= 15 is 0 Å². The molecule has 0 atom stereocenters. The van der Waals surface area contributed by atoms with Crippen LogP contribution < -0.4 is 21.1 Å². The number of nitrogens with two attached hydrogens (primary N) is 1. The van der Waals surface area contributed by atoms with Gasteiger partial charge in [0.15, 0.2) is 9.84 Å². The topological polar surface area (TPSA) is 173 Å². The fourth-order valence-corrected chi connectivity index (χ4v) is 5.49. The molecule has 0 saturated carbocycles. The lowest BCUT2D eigenvalue weighted by atomic mass is 10.2. The lowest BCUT2D eigenvalue weighted by Crippen LogP contribution is -2.19. The molecule has 0 unspecified atom stereocenters. The number of carbonyl (C=O) groups is 1. The van der Waals surface area contributed by atoms with Crippen LogP contribution in [0.25, 0.3) is 0 Å². The zero-order chi connectivity index (χ0) is 29.9. The first-order chi connectivity index (χ1) is 19.3. The molecule has 0 aliphatic rings. The second-order valence-electron chi connectivity index (χ2n) is 8.92. The smallest absolute Gasteiger partial charge is 0.261 e. The van der Waals surface area contributed by atoms with Gasteiger partial charge in [-0.25, -0.2) is 31.3 Å². The van der Waals surface area contributed by atoms with Gasteiger partial charge in [0.1, 0.15) is 17.2 Å². The van der Waals surface area contributed by atoms with Gasteiger partial charge in [0.25, 0.3) is 5.91 Å². The van der Waals surface area contributed by atoms with Gasteiger partial charge in [0.2, 0.25) is 16.0 Å². The number of carbonyl (C=O) groups excluding carboxylic acids is 1. The summed E-state index contributed by atoms with van der Waals surface area (Å²) in [7, 11) is -7.65. The van der Waals surface area contributed by atoms with E-state index in [9.17, 15) is 26.0 Å². The summed E-state index contributed by atoms with van der Waals surface area (Å²) in [5.41, 5.74) is 0.115.